The molecule has 0 N–H and O–H groups in total. The maximum Gasteiger partial charge on any atom is 0.260 e. The van der Waals surface area contributed by atoms with Crippen LogP contribution in [0.1, 0.15) is 32.3 Å². The van der Waals surface area contributed by atoms with Crippen molar-refractivity contribution >= 4 is 11.8 Å². The molecule has 0 saturated carbocycles. The van der Waals surface area contributed by atoms with Gasteiger partial charge in [-0.2, -0.15) is 0 Å². The Kier molecular flexibility index (Phi) is 4.18. The highest BCUT2D eigenvalue weighted by atomic mass is 16.5. The molecule has 140 valence electrons. The van der Waals surface area contributed by atoms with Gasteiger partial charge in [-0.15, -0.1) is 0 Å². The highest BCUT2D eigenvalue weighted by Gasteiger charge is 2.65. The second-order valence-electron chi connectivity index (χ2n) is 7.89. The quantitative estimate of drug-likeness (QED) is 0.826. The molecule has 0 radical (unpaired) electrons. The van der Waals surface area contributed by atoms with Gasteiger partial charge in [-0.1, -0.05) is 31.5 Å². The van der Waals surface area contributed by atoms with E-state index in [0.29, 0.717) is 37.7 Å². The molecule has 3 aliphatic heterocycles. The second kappa shape index (κ2) is 6.27. The Morgan fingerprint density at radius 1 is 1.35 bits per heavy atom. The molecule has 0 unspecified atom stereocenters. The number of hydrogen-bond acceptors (Lipinski definition) is 4. The lowest BCUT2D eigenvalue weighted by molar-refractivity contribution is -0.142. The number of aryl methyl sites for hydroxylation is 1. The number of carbonyl (C=O) groups excluding carboxylic acids is 2. The fraction of sp³-hybridized carbons (Fsp3) is 0.600. The fourth-order valence-corrected chi connectivity index (χ4v) is 4.53. The predicted octanol–water partition coefficient (Wildman–Crippen LogP) is 1.96. The first-order chi connectivity index (χ1) is 12.4. The van der Waals surface area contributed by atoms with E-state index in [1.165, 1.54) is 0 Å². The van der Waals surface area contributed by atoms with Crippen LogP contribution in [0.2, 0.25) is 0 Å². The predicted molar refractivity (Wildman–Crippen MR) is 95.6 cm³/mol. The average molecular weight is 358 g/mol. The third-order valence-corrected chi connectivity index (χ3v) is 5.96. The van der Waals surface area contributed by atoms with Crippen molar-refractivity contribution in [2.45, 2.75) is 51.4 Å². The van der Waals surface area contributed by atoms with Crippen LogP contribution >= 0.6 is 0 Å². The van der Waals surface area contributed by atoms with Gasteiger partial charge in [-0.25, -0.2) is 0 Å². The number of carbonyl (C=O) groups is 2. The van der Waals surface area contributed by atoms with Gasteiger partial charge in [0.25, 0.3) is 5.91 Å². The first-order valence-corrected chi connectivity index (χ1v) is 9.37. The normalized spacial score (nSPS) is 30.1. The summed E-state index contributed by atoms with van der Waals surface area (Å²) in [6, 6.07) is 7.54. The zero-order valence-corrected chi connectivity index (χ0v) is 15.6. The molecule has 0 aliphatic carbocycles. The lowest BCUT2D eigenvalue weighted by atomic mass is 10.0. The molecule has 3 atom stereocenters. The van der Waals surface area contributed by atoms with Gasteiger partial charge in [0.05, 0.1) is 25.1 Å². The van der Waals surface area contributed by atoms with Gasteiger partial charge >= 0.3 is 0 Å². The molecule has 0 aromatic heterocycles. The largest absolute Gasteiger partial charge is 0.484 e. The van der Waals surface area contributed by atoms with Gasteiger partial charge in [-0.3, -0.25) is 9.59 Å². The van der Waals surface area contributed by atoms with E-state index in [1.54, 1.807) is 4.90 Å². The molecule has 4 rings (SSSR count). The van der Waals surface area contributed by atoms with E-state index < -0.39 is 5.72 Å². The Balaban J connectivity index is 1.46. The lowest BCUT2D eigenvalue weighted by Crippen LogP contribution is -2.51. The van der Waals surface area contributed by atoms with Crippen molar-refractivity contribution in [1.82, 2.24) is 9.80 Å². The van der Waals surface area contributed by atoms with Crippen LogP contribution in [0.3, 0.4) is 0 Å². The smallest absolute Gasteiger partial charge is 0.260 e. The van der Waals surface area contributed by atoms with Crippen LogP contribution in [0, 0.1) is 12.8 Å². The summed E-state index contributed by atoms with van der Waals surface area (Å²) in [6.07, 6.45) is 1.03. The van der Waals surface area contributed by atoms with Crippen LogP contribution < -0.4 is 4.74 Å². The molecule has 3 fully saturated rings. The van der Waals surface area contributed by atoms with E-state index in [0.717, 1.165) is 5.56 Å². The van der Waals surface area contributed by atoms with Crippen molar-refractivity contribution in [3.63, 3.8) is 0 Å². The summed E-state index contributed by atoms with van der Waals surface area (Å²) in [5, 5.41) is 0. The summed E-state index contributed by atoms with van der Waals surface area (Å²) in [5.41, 5.74) is 0.527. The minimum absolute atomic E-state index is 0.0164. The Morgan fingerprint density at radius 2 is 2.08 bits per heavy atom. The monoisotopic (exact) mass is 358 g/mol. The summed E-state index contributed by atoms with van der Waals surface area (Å²) < 4.78 is 11.8. The second-order valence-corrected chi connectivity index (χ2v) is 7.89. The summed E-state index contributed by atoms with van der Waals surface area (Å²) in [6.45, 7) is 7.38. The highest BCUT2D eigenvalue weighted by molar-refractivity contribution is 5.85. The summed E-state index contributed by atoms with van der Waals surface area (Å²) in [4.78, 5) is 29.1. The standard InChI is InChI=1S/C20H26N2O4/c1-13(2)16-11-26-20-8-9-21(17(20)10-18(23)22(16)20)19(24)12-25-15-6-4-14(3)5-7-15/h4-7,13,16-17H,8-12H2,1-3H3/t16-,17+,20-/m0/s1. The third kappa shape index (κ3) is 2.58. The van der Waals surface area contributed by atoms with Crippen molar-refractivity contribution in [2.24, 2.45) is 5.92 Å². The van der Waals surface area contributed by atoms with Crippen molar-refractivity contribution in [1.29, 1.82) is 0 Å². The molecular formula is C20H26N2O4. The van der Waals surface area contributed by atoms with Crippen LogP contribution in [-0.2, 0) is 14.3 Å². The number of likely N-dealkylation sites (tertiary alicyclic amines) is 1. The molecular weight excluding hydrogens is 332 g/mol. The van der Waals surface area contributed by atoms with Crippen LogP contribution in [0.4, 0.5) is 0 Å². The number of ether oxygens (including phenoxy) is 2. The number of amides is 2. The van der Waals surface area contributed by atoms with E-state index in [-0.39, 0.29) is 30.5 Å². The molecule has 0 bridgehead atoms. The minimum atomic E-state index is -0.620. The van der Waals surface area contributed by atoms with E-state index in [1.807, 2.05) is 36.1 Å². The van der Waals surface area contributed by atoms with Gasteiger partial charge in [0.2, 0.25) is 5.91 Å². The maximum absolute atomic E-state index is 12.8. The molecule has 6 nitrogen and oxygen atoms in total. The van der Waals surface area contributed by atoms with Crippen molar-refractivity contribution < 1.29 is 19.1 Å². The summed E-state index contributed by atoms with van der Waals surface area (Å²) in [5.74, 6) is 1.03. The Labute approximate surface area is 154 Å². The van der Waals surface area contributed by atoms with Crippen LogP contribution in [0.5, 0.6) is 5.75 Å². The van der Waals surface area contributed by atoms with Crippen LogP contribution in [0.25, 0.3) is 0 Å². The zero-order chi connectivity index (χ0) is 18.5. The Morgan fingerprint density at radius 3 is 2.77 bits per heavy atom. The molecule has 1 aromatic rings. The summed E-state index contributed by atoms with van der Waals surface area (Å²) >= 11 is 0. The van der Waals surface area contributed by atoms with Gasteiger partial charge in [0.1, 0.15) is 5.75 Å². The first-order valence-electron chi connectivity index (χ1n) is 9.37. The van der Waals surface area contributed by atoms with Gasteiger partial charge in [0, 0.05) is 13.0 Å². The number of benzene rings is 1. The van der Waals surface area contributed by atoms with Crippen LogP contribution in [-0.4, -0.2) is 59.2 Å². The Hall–Kier alpha value is -2.08. The SMILES string of the molecule is Cc1ccc(OCC(=O)N2CC[C@@]34OC[C@@H](C(C)C)N3C(=O)C[C@@H]24)cc1. The number of nitrogens with zero attached hydrogens (tertiary/aromatic N) is 2. The molecule has 6 heteroatoms. The van der Waals surface area contributed by atoms with Gasteiger partial charge < -0.3 is 19.3 Å². The molecule has 1 spiro atoms. The number of hydrogen-bond donors (Lipinski definition) is 0. The topological polar surface area (TPSA) is 59.1 Å². The molecule has 26 heavy (non-hydrogen) atoms. The van der Waals surface area contributed by atoms with Gasteiger partial charge in [0.15, 0.2) is 12.3 Å². The molecule has 3 aliphatic rings. The molecule has 1 aromatic carbocycles. The van der Waals surface area contributed by atoms with Crippen molar-refractivity contribution in [3.05, 3.63) is 29.8 Å². The maximum atomic E-state index is 12.8. The third-order valence-electron chi connectivity index (χ3n) is 5.96. The first kappa shape index (κ1) is 17.3. The van der Waals surface area contributed by atoms with E-state index in [9.17, 15) is 9.59 Å². The Bertz CT molecular complexity index is 717. The van der Waals surface area contributed by atoms with E-state index in [2.05, 4.69) is 13.8 Å². The van der Waals surface area contributed by atoms with Crippen molar-refractivity contribution in [2.75, 3.05) is 19.8 Å². The molecule has 3 heterocycles. The van der Waals surface area contributed by atoms with E-state index in [4.69, 9.17) is 9.47 Å². The van der Waals surface area contributed by atoms with Crippen molar-refractivity contribution in [3.8, 4) is 5.75 Å². The van der Waals surface area contributed by atoms with Gasteiger partial charge in [-0.05, 0) is 25.0 Å². The lowest BCUT2D eigenvalue weighted by Gasteiger charge is -2.34. The summed E-state index contributed by atoms with van der Waals surface area (Å²) in [7, 11) is 0. The zero-order valence-electron chi connectivity index (χ0n) is 15.6. The van der Waals surface area contributed by atoms with E-state index >= 15 is 0 Å². The average Bonchev–Trinajstić information content (AvgIpc) is 3.23. The van der Waals surface area contributed by atoms with Crippen LogP contribution in [0.15, 0.2) is 24.3 Å². The number of rotatable bonds is 4. The fourth-order valence-electron chi connectivity index (χ4n) is 4.53. The molecule has 3 saturated heterocycles. The molecule has 2 amide bonds. The highest BCUT2D eigenvalue weighted by Crippen LogP contribution is 2.48. The minimum Gasteiger partial charge on any atom is -0.484 e.